The molecule has 1 aliphatic rings. The standard InChI is InChI=1S/C15H19N3O4S/c1-10-8-23-14(21)18(10)6-5-13(20)22-7-12(19)17-15(2,9-16)11-3-4-11/h8,11H,3-7H2,1-2H3,(H,17,19)/t15-/m1/s1. The monoisotopic (exact) mass is 337 g/mol. The molecule has 7 nitrogen and oxygen atoms in total. The molecule has 1 atom stereocenters. The Bertz CT molecular complexity index is 698. The molecule has 8 heteroatoms. The van der Waals surface area contributed by atoms with Crippen LogP contribution >= 0.6 is 11.3 Å². The van der Waals surface area contributed by atoms with Gasteiger partial charge in [-0.3, -0.25) is 14.4 Å². The van der Waals surface area contributed by atoms with E-state index in [1.165, 1.54) is 4.57 Å². The number of esters is 1. The van der Waals surface area contributed by atoms with Crippen molar-refractivity contribution in [2.75, 3.05) is 6.61 Å². The Morgan fingerprint density at radius 3 is 2.78 bits per heavy atom. The van der Waals surface area contributed by atoms with E-state index in [0.717, 1.165) is 29.9 Å². The summed E-state index contributed by atoms with van der Waals surface area (Å²) in [6.07, 6.45) is 1.85. The molecule has 0 unspecified atom stereocenters. The van der Waals surface area contributed by atoms with Gasteiger partial charge >= 0.3 is 10.8 Å². The number of amides is 1. The molecule has 1 N–H and O–H groups in total. The van der Waals surface area contributed by atoms with E-state index >= 15 is 0 Å². The van der Waals surface area contributed by atoms with Crippen LogP contribution in [0.15, 0.2) is 10.2 Å². The minimum atomic E-state index is -0.898. The van der Waals surface area contributed by atoms with Crippen molar-refractivity contribution in [3.63, 3.8) is 0 Å². The number of nitrogens with zero attached hydrogens (tertiary/aromatic N) is 2. The second kappa shape index (κ2) is 6.96. The molecular weight excluding hydrogens is 318 g/mol. The Labute approximate surface area is 137 Å². The number of thiazole rings is 1. The summed E-state index contributed by atoms with van der Waals surface area (Å²) in [7, 11) is 0. The Kier molecular flexibility index (Phi) is 5.21. The average molecular weight is 337 g/mol. The van der Waals surface area contributed by atoms with Crippen molar-refractivity contribution in [2.45, 2.75) is 45.2 Å². The van der Waals surface area contributed by atoms with Crippen LogP contribution in [0.1, 0.15) is 31.9 Å². The fourth-order valence-electron chi connectivity index (χ4n) is 2.30. The molecule has 0 radical (unpaired) electrons. The number of aromatic nitrogens is 1. The summed E-state index contributed by atoms with van der Waals surface area (Å²) in [5, 5.41) is 13.5. The minimum Gasteiger partial charge on any atom is -0.456 e. The zero-order chi connectivity index (χ0) is 17.0. The van der Waals surface area contributed by atoms with Gasteiger partial charge in [-0.2, -0.15) is 5.26 Å². The number of carbonyl (C=O) groups excluding carboxylic acids is 2. The van der Waals surface area contributed by atoms with Crippen LogP contribution in [0.3, 0.4) is 0 Å². The van der Waals surface area contributed by atoms with Crippen LogP contribution in [-0.4, -0.2) is 28.6 Å². The number of hydrogen-bond acceptors (Lipinski definition) is 6. The number of nitrogens with one attached hydrogen (secondary N) is 1. The van der Waals surface area contributed by atoms with Gasteiger partial charge in [0.15, 0.2) is 6.61 Å². The summed E-state index contributed by atoms with van der Waals surface area (Å²) in [5.41, 5.74) is -0.107. The van der Waals surface area contributed by atoms with Crippen molar-refractivity contribution in [1.29, 1.82) is 5.26 Å². The van der Waals surface area contributed by atoms with E-state index in [-0.39, 0.29) is 23.8 Å². The normalized spacial score (nSPS) is 16.2. The zero-order valence-electron chi connectivity index (χ0n) is 13.1. The van der Waals surface area contributed by atoms with Crippen LogP contribution < -0.4 is 10.2 Å². The largest absolute Gasteiger partial charge is 0.456 e. The molecule has 1 heterocycles. The summed E-state index contributed by atoms with van der Waals surface area (Å²) in [6, 6.07) is 2.11. The van der Waals surface area contributed by atoms with E-state index in [0.29, 0.717) is 0 Å². The molecule has 0 saturated heterocycles. The van der Waals surface area contributed by atoms with Gasteiger partial charge < -0.3 is 14.6 Å². The van der Waals surface area contributed by atoms with E-state index in [4.69, 9.17) is 10.00 Å². The molecule has 23 heavy (non-hydrogen) atoms. The molecule has 1 amide bonds. The van der Waals surface area contributed by atoms with Crippen molar-refractivity contribution in [3.05, 3.63) is 20.7 Å². The highest BCUT2D eigenvalue weighted by molar-refractivity contribution is 7.07. The van der Waals surface area contributed by atoms with Crippen molar-refractivity contribution in [1.82, 2.24) is 9.88 Å². The predicted octanol–water partition coefficient (Wildman–Crippen LogP) is 0.960. The topological polar surface area (TPSA) is 101 Å². The second-order valence-corrected chi connectivity index (χ2v) is 6.66. The average Bonchev–Trinajstić information content (AvgIpc) is 3.32. The fraction of sp³-hybridized carbons (Fsp3) is 0.600. The van der Waals surface area contributed by atoms with E-state index in [9.17, 15) is 14.4 Å². The van der Waals surface area contributed by atoms with Crippen LogP contribution in [0.4, 0.5) is 0 Å². The summed E-state index contributed by atoms with van der Waals surface area (Å²) >= 11 is 1.08. The Morgan fingerprint density at radius 2 is 2.26 bits per heavy atom. The van der Waals surface area contributed by atoms with Crippen LogP contribution in [0.25, 0.3) is 0 Å². The Morgan fingerprint density at radius 1 is 1.57 bits per heavy atom. The molecule has 0 aromatic carbocycles. The van der Waals surface area contributed by atoms with Crippen molar-refractivity contribution >= 4 is 23.2 Å². The minimum absolute atomic E-state index is 0.0168. The molecule has 1 fully saturated rings. The van der Waals surface area contributed by atoms with Crippen molar-refractivity contribution in [2.24, 2.45) is 5.92 Å². The number of carbonyl (C=O) groups is 2. The van der Waals surface area contributed by atoms with Crippen molar-refractivity contribution < 1.29 is 14.3 Å². The maximum Gasteiger partial charge on any atom is 0.308 e. The number of nitriles is 1. The predicted molar refractivity (Wildman–Crippen MR) is 83.8 cm³/mol. The van der Waals surface area contributed by atoms with Gasteiger partial charge in [0.2, 0.25) is 0 Å². The lowest BCUT2D eigenvalue weighted by atomic mass is 9.98. The van der Waals surface area contributed by atoms with Gasteiger partial charge in [0.05, 0.1) is 12.5 Å². The number of ether oxygens (including phenoxy) is 1. The number of hydrogen-bond donors (Lipinski definition) is 1. The highest BCUT2D eigenvalue weighted by Gasteiger charge is 2.43. The molecule has 2 rings (SSSR count). The van der Waals surface area contributed by atoms with Gasteiger partial charge in [-0.25, -0.2) is 0 Å². The molecular formula is C15H19N3O4S. The molecule has 124 valence electrons. The van der Waals surface area contributed by atoms with Gasteiger partial charge in [0.25, 0.3) is 5.91 Å². The van der Waals surface area contributed by atoms with E-state index in [1.807, 2.05) is 0 Å². The van der Waals surface area contributed by atoms with Gasteiger partial charge in [-0.1, -0.05) is 11.3 Å². The van der Waals surface area contributed by atoms with E-state index < -0.39 is 24.0 Å². The Hall–Kier alpha value is -2.14. The van der Waals surface area contributed by atoms with Gasteiger partial charge in [-0.05, 0) is 32.6 Å². The second-order valence-electron chi connectivity index (χ2n) is 5.84. The number of rotatable bonds is 7. The van der Waals surface area contributed by atoms with Crippen LogP contribution in [0.2, 0.25) is 0 Å². The fourth-order valence-corrected chi connectivity index (χ4v) is 3.06. The lowest BCUT2D eigenvalue weighted by Gasteiger charge is -2.22. The first kappa shape index (κ1) is 17.2. The molecule has 0 bridgehead atoms. The first-order valence-electron chi connectivity index (χ1n) is 7.38. The SMILES string of the molecule is Cc1csc(=O)n1CCC(=O)OCC(=O)N[C@](C)(C#N)C1CC1. The maximum absolute atomic E-state index is 11.8. The van der Waals surface area contributed by atoms with Crippen molar-refractivity contribution in [3.8, 4) is 6.07 Å². The molecule has 0 aliphatic heterocycles. The van der Waals surface area contributed by atoms with E-state index in [1.54, 1.807) is 19.2 Å². The number of aryl methyl sites for hydroxylation is 1. The smallest absolute Gasteiger partial charge is 0.308 e. The highest BCUT2D eigenvalue weighted by atomic mass is 32.1. The van der Waals surface area contributed by atoms with Gasteiger partial charge in [0, 0.05) is 17.6 Å². The van der Waals surface area contributed by atoms with E-state index in [2.05, 4.69) is 11.4 Å². The quantitative estimate of drug-likeness (QED) is 0.747. The van der Waals surface area contributed by atoms with Crippen LogP contribution in [-0.2, 0) is 20.9 Å². The highest BCUT2D eigenvalue weighted by Crippen LogP contribution is 2.39. The van der Waals surface area contributed by atoms with Crippen LogP contribution in [0, 0.1) is 24.2 Å². The third-order valence-corrected chi connectivity index (χ3v) is 4.79. The zero-order valence-corrected chi connectivity index (χ0v) is 13.9. The molecule has 1 saturated carbocycles. The Balaban J connectivity index is 1.75. The summed E-state index contributed by atoms with van der Waals surface area (Å²) in [6.45, 7) is 3.28. The molecule has 1 aliphatic carbocycles. The molecule has 0 spiro atoms. The first-order valence-corrected chi connectivity index (χ1v) is 8.26. The first-order chi connectivity index (χ1) is 10.9. The lowest BCUT2D eigenvalue weighted by molar-refractivity contribution is -0.149. The maximum atomic E-state index is 11.8. The van der Waals surface area contributed by atoms with Gasteiger partial charge in [0.1, 0.15) is 5.54 Å². The summed E-state index contributed by atoms with van der Waals surface area (Å²) < 4.78 is 6.39. The van der Waals surface area contributed by atoms with Gasteiger partial charge in [-0.15, -0.1) is 0 Å². The molecule has 1 aromatic rings. The third kappa shape index (κ3) is 4.42. The summed E-state index contributed by atoms with van der Waals surface area (Å²) in [4.78, 5) is 34.9. The lowest BCUT2D eigenvalue weighted by Crippen LogP contribution is -2.48. The third-order valence-electron chi connectivity index (χ3n) is 3.91. The van der Waals surface area contributed by atoms with Crippen LogP contribution in [0.5, 0.6) is 0 Å². The molecule has 1 aromatic heterocycles. The summed E-state index contributed by atoms with van der Waals surface area (Å²) in [5.74, 6) is -0.874.